The minimum atomic E-state index is -3.82. The summed E-state index contributed by atoms with van der Waals surface area (Å²) in [4.78, 5) is 12.9. The Morgan fingerprint density at radius 2 is 1.24 bits per heavy atom. The molecular weight excluding hydrogens is 534 g/mol. The van der Waals surface area contributed by atoms with Gasteiger partial charge in [0.2, 0.25) is 0 Å². The van der Waals surface area contributed by atoms with Crippen LogP contribution in [-0.2, 0) is 20.0 Å². The summed E-state index contributed by atoms with van der Waals surface area (Å²) in [5.41, 5.74) is 1.92. The van der Waals surface area contributed by atoms with Gasteiger partial charge in [-0.3, -0.25) is 14.2 Å². The molecule has 0 aliphatic carbocycles. The normalized spacial score (nSPS) is 11.5. The highest BCUT2D eigenvalue weighted by Crippen LogP contribution is 2.25. The van der Waals surface area contributed by atoms with Crippen molar-refractivity contribution in [1.29, 1.82) is 0 Å². The van der Waals surface area contributed by atoms with Gasteiger partial charge in [0, 0.05) is 5.69 Å². The molecule has 3 N–H and O–H groups in total. The lowest BCUT2D eigenvalue weighted by molar-refractivity contribution is 0.102. The molecule has 0 unspecified atom stereocenters. The van der Waals surface area contributed by atoms with Crippen molar-refractivity contribution in [2.75, 3.05) is 14.8 Å². The number of nitrogens with one attached hydrogen (secondary N) is 3. The molecule has 37 heavy (non-hydrogen) atoms. The molecule has 0 bridgehead atoms. The van der Waals surface area contributed by atoms with Crippen molar-refractivity contribution in [1.82, 2.24) is 0 Å². The fraction of sp³-hybridized carbons (Fsp3) is 0.0385. The summed E-state index contributed by atoms with van der Waals surface area (Å²) in [6.45, 7) is 1.80. The average Bonchev–Trinajstić information content (AvgIpc) is 2.86. The maximum Gasteiger partial charge on any atom is 0.261 e. The monoisotopic (exact) mass is 555 g/mol. The molecular formula is C26H22ClN3O5S2. The first kappa shape index (κ1) is 26.2. The summed E-state index contributed by atoms with van der Waals surface area (Å²) in [6, 6.07) is 24.7. The molecule has 0 radical (unpaired) electrons. The van der Waals surface area contributed by atoms with Gasteiger partial charge in [0.05, 0.1) is 31.8 Å². The average molecular weight is 556 g/mol. The molecule has 4 aromatic rings. The van der Waals surface area contributed by atoms with E-state index in [1.54, 1.807) is 43.3 Å². The quantitative estimate of drug-likeness (QED) is 0.265. The lowest BCUT2D eigenvalue weighted by Gasteiger charge is -2.12. The Bertz CT molecular complexity index is 1660. The number of anilines is 3. The summed E-state index contributed by atoms with van der Waals surface area (Å²) < 4.78 is 55.4. The number of benzene rings is 4. The Morgan fingerprint density at radius 3 is 1.89 bits per heavy atom. The predicted molar refractivity (Wildman–Crippen MR) is 145 cm³/mol. The van der Waals surface area contributed by atoms with Crippen LogP contribution in [0.3, 0.4) is 0 Å². The Kier molecular flexibility index (Phi) is 7.53. The number of carbonyl (C=O) groups is 1. The van der Waals surface area contributed by atoms with Crippen molar-refractivity contribution in [3.05, 3.63) is 113 Å². The van der Waals surface area contributed by atoms with Gasteiger partial charge in [0.15, 0.2) is 0 Å². The van der Waals surface area contributed by atoms with Gasteiger partial charge < -0.3 is 5.32 Å². The molecule has 0 aromatic heterocycles. The van der Waals surface area contributed by atoms with Crippen LogP contribution in [0.4, 0.5) is 17.1 Å². The van der Waals surface area contributed by atoms with E-state index in [-0.39, 0.29) is 26.1 Å². The number of hydrogen-bond donors (Lipinski definition) is 3. The van der Waals surface area contributed by atoms with Crippen molar-refractivity contribution < 1.29 is 21.6 Å². The highest BCUT2D eigenvalue weighted by molar-refractivity contribution is 7.93. The van der Waals surface area contributed by atoms with E-state index in [9.17, 15) is 21.6 Å². The molecule has 11 heteroatoms. The number of rotatable bonds is 8. The Labute approximate surface area is 220 Å². The molecule has 0 saturated heterocycles. The van der Waals surface area contributed by atoms with Crippen molar-refractivity contribution in [2.24, 2.45) is 0 Å². The highest BCUT2D eigenvalue weighted by atomic mass is 35.5. The zero-order valence-electron chi connectivity index (χ0n) is 19.5. The van der Waals surface area contributed by atoms with E-state index < -0.39 is 26.0 Å². The fourth-order valence-corrected chi connectivity index (χ4v) is 5.85. The molecule has 0 spiro atoms. The van der Waals surface area contributed by atoms with E-state index in [0.29, 0.717) is 11.4 Å². The van der Waals surface area contributed by atoms with Crippen LogP contribution in [0.2, 0.25) is 5.02 Å². The number of sulfonamides is 2. The van der Waals surface area contributed by atoms with E-state index in [1.165, 1.54) is 54.6 Å². The standard InChI is InChI=1S/C26H22ClN3O5S2/c1-18-7-5-6-10-25(18)30-37(34,35)22-14-11-19(12-15-22)28-26(31)23-16-13-20(17-24(23)27)29-36(32,33)21-8-3-2-4-9-21/h2-17,29-30H,1H3,(H,28,31). The number of halogens is 1. The first-order valence-corrected chi connectivity index (χ1v) is 14.3. The van der Waals surface area contributed by atoms with Crippen LogP contribution < -0.4 is 14.8 Å². The molecule has 0 saturated carbocycles. The molecule has 0 fully saturated rings. The number of carbonyl (C=O) groups excluding carboxylic acids is 1. The lowest BCUT2D eigenvalue weighted by atomic mass is 10.2. The zero-order valence-corrected chi connectivity index (χ0v) is 21.9. The van der Waals surface area contributed by atoms with Crippen molar-refractivity contribution in [3.63, 3.8) is 0 Å². The summed E-state index contributed by atoms with van der Waals surface area (Å²) in [5, 5.41) is 2.69. The molecule has 0 aliphatic heterocycles. The molecule has 4 aromatic carbocycles. The van der Waals surface area contributed by atoms with Gasteiger partial charge in [-0.15, -0.1) is 0 Å². The van der Waals surface area contributed by atoms with Gasteiger partial charge in [0.25, 0.3) is 26.0 Å². The maximum absolute atomic E-state index is 12.7. The third-order valence-electron chi connectivity index (χ3n) is 5.33. The van der Waals surface area contributed by atoms with Crippen LogP contribution in [0.25, 0.3) is 0 Å². The third kappa shape index (κ3) is 6.29. The molecule has 0 atom stereocenters. The van der Waals surface area contributed by atoms with E-state index >= 15 is 0 Å². The van der Waals surface area contributed by atoms with Gasteiger partial charge in [-0.25, -0.2) is 16.8 Å². The molecule has 8 nitrogen and oxygen atoms in total. The third-order valence-corrected chi connectivity index (χ3v) is 8.42. The summed E-state index contributed by atoms with van der Waals surface area (Å²) in [5.74, 6) is -0.545. The van der Waals surface area contributed by atoms with Crippen LogP contribution >= 0.6 is 11.6 Å². The number of para-hydroxylation sites is 1. The largest absolute Gasteiger partial charge is 0.322 e. The van der Waals surface area contributed by atoms with E-state index in [1.807, 2.05) is 6.07 Å². The highest BCUT2D eigenvalue weighted by Gasteiger charge is 2.18. The van der Waals surface area contributed by atoms with Gasteiger partial charge in [-0.2, -0.15) is 0 Å². The second kappa shape index (κ2) is 10.6. The van der Waals surface area contributed by atoms with Crippen LogP contribution in [0.15, 0.2) is 107 Å². The fourth-order valence-electron chi connectivity index (χ4n) is 3.38. The topological polar surface area (TPSA) is 121 Å². The maximum atomic E-state index is 12.7. The first-order valence-electron chi connectivity index (χ1n) is 10.9. The Morgan fingerprint density at radius 1 is 0.676 bits per heavy atom. The lowest BCUT2D eigenvalue weighted by Crippen LogP contribution is -2.15. The Balaban J connectivity index is 1.45. The van der Waals surface area contributed by atoms with Crippen LogP contribution in [0.1, 0.15) is 15.9 Å². The second-order valence-electron chi connectivity index (χ2n) is 8.01. The number of amides is 1. The molecule has 190 valence electrons. The number of hydrogen-bond acceptors (Lipinski definition) is 5. The van der Waals surface area contributed by atoms with Crippen molar-refractivity contribution in [3.8, 4) is 0 Å². The van der Waals surface area contributed by atoms with Gasteiger partial charge >= 0.3 is 0 Å². The van der Waals surface area contributed by atoms with Gasteiger partial charge in [-0.1, -0.05) is 48.0 Å². The predicted octanol–water partition coefficient (Wildman–Crippen LogP) is 5.50. The minimum absolute atomic E-state index is 0.0295. The van der Waals surface area contributed by atoms with Crippen LogP contribution in [0, 0.1) is 6.92 Å². The van der Waals surface area contributed by atoms with E-state index in [2.05, 4.69) is 14.8 Å². The first-order chi connectivity index (χ1) is 17.5. The Hall–Kier alpha value is -3.86. The minimum Gasteiger partial charge on any atom is -0.322 e. The second-order valence-corrected chi connectivity index (χ2v) is 11.8. The summed E-state index contributed by atoms with van der Waals surface area (Å²) in [7, 11) is -7.63. The summed E-state index contributed by atoms with van der Waals surface area (Å²) >= 11 is 6.26. The van der Waals surface area contributed by atoms with Crippen molar-refractivity contribution in [2.45, 2.75) is 16.7 Å². The molecule has 1 amide bonds. The van der Waals surface area contributed by atoms with Gasteiger partial charge in [0.1, 0.15) is 0 Å². The van der Waals surface area contributed by atoms with Crippen LogP contribution in [-0.4, -0.2) is 22.7 Å². The molecule has 4 rings (SSSR count). The molecule has 0 aliphatic rings. The summed E-state index contributed by atoms with van der Waals surface area (Å²) in [6.07, 6.45) is 0. The van der Waals surface area contributed by atoms with Crippen molar-refractivity contribution >= 4 is 54.6 Å². The van der Waals surface area contributed by atoms with Gasteiger partial charge in [-0.05, 0) is 73.2 Å². The number of aryl methyl sites for hydroxylation is 1. The molecule has 0 heterocycles. The van der Waals surface area contributed by atoms with E-state index in [4.69, 9.17) is 11.6 Å². The van der Waals surface area contributed by atoms with E-state index in [0.717, 1.165) is 5.56 Å². The smallest absolute Gasteiger partial charge is 0.261 e. The SMILES string of the molecule is Cc1ccccc1NS(=O)(=O)c1ccc(NC(=O)c2ccc(NS(=O)(=O)c3ccccc3)cc2Cl)cc1. The zero-order chi connectivity index (χ0) is 26.6. The van der Waals surface area contributed by atoms with Crippen LogP contribution in [0.5, 0.6) is 0 Å².